The number of ether oxygens (including phenoxy) is 3. The molecule has 2 heterocycles. The van der Waals surface area contributed by atoms with Gasteiger partial charge in [-0.25, -0.2) is 18.2 Å². The number of nitrogens with zero attached hydrogens (tertiary/aromatic N) is 2. The molecule has 0 fully saturated rings. The van der Waals surface area contributed by atoms with Gasteiger partial charge in [0.05, 0.1) is 19.8 Å². The monoisotopic (exact) mass is 509 g/mol. The van der Waals surface area contributed by atoms with E-state index in [0.717, 1.165) is 30.0 Å². The van der Waals surface area contributed by atoms with E-state index in [1.807, 2.05) is 0 Å². The van der Waals surface area contributed by atoms with Crippen molar-refractivity contribution in [3.05, 3.63) is 64.5 Å². The van der Waals surface area contributed by atoms with Gasteiger partial charge in [0.25, 0.3) is 5.91 Å². The molecule has 0 aliphatic carbocycles. The maximum atomic E-state index is 14.8. The number of benzene rings is 2. The number of fused-ring (bicyclic) bond motifs is 2. The van der Waals surface area contributed by atoms with Gasteiger partial charge in [-0.1, -0.05) is 11.8 Å². The zero-order chi connectivity index (χ0) is 25.2. The summed E-state index contributed by atoms with van der Waals surface area (Å²) in [5, 5.41) is 5.74. The maximum absolute atomic E-state index is 14.8. The Kier molecular flexibility index (Phi) is 7.70. The van der Waals surface area contributed by atoms with Crippen LogP contribution in [0.2, 0.25) is 0 Å². The molecule has 1 amide bonds. The van der Waals surface area contributed by atoms with Crippen molar-refractivity contribution >= 4 is 22.7 Å². The van der Waals surface area contributed by atoms with Gasteiger partial charge >= 0.3 is 0 Å². The summed E-state index contributed by atoms with van der Waals surface area (Å²) < 4.78 is 59.8. The molecule has 11 heteroatoms. The lowest BCUT2D eigenvalue weighted by Crippen LogP contribution is -2.52. The van der Waals surface area contributed by atoms with Gasteiger partial charge in [0.2, 0.25) is 0 Å². The molecule has 2 aromatic carbocycles. The molecule has 2 aliphatic heterocycles. The molecule has 2 atom stereocenters. The maximum Gasteiger partial charge on any atom is 0.270 e. The van der Waals surface area contributed by atoms with Crippen molar-refractivity contribution in [2.24, 2.45) is 16.8 Å². The molecule has 0 bridgehead atoms. The van der Waals surface area contributed by atoms with Crippen LogP contribution < -0.4 is 10.5 Å². The molecule has 35 heavy (non-hydrogen) atoms. The van der Waals surface area contributed by atoms with E-state index < -0.39 is 34.1 Å². The fraction of sp³-hybridized carbons (Fsp3) is 0.417. The molecule has 0 unspecified atom stereocenters. The SMILES string of the molecule is COCCOCC(=O)N1N=C(c2cc(F)ccc2F)S[C@]12c1cc(F)cc(C)c1OC[C@@H]2CCN. The minimum absolute atomic E-state index is 0.0871. The lowest BCUT2D eigenvalue weighted by molar-refractivity contribution is -0.142. The molecule has 188 valence electrons. The number of carbonyl (C=O) groups is 1. The zero-order valence-electron chi connectivity index (χ0n) is 19.4. The van der Waals surface area contributed by atoms with Crippen LogP contribution in [0.25, 0.3) is 0 Å². The standard InChI is InChI=1S/C24H26F3N3O4S/c1-14-9-17(26)11-19-22(14)34-12-15(5-6-28)24(19)30(21(31)13-33-8-7-32-2)29-23(35-24)18-10-16(25)3-4-20(18)27/h3-4,9-11,15H,5-8,12-13,28H2,1-2H3/t15-,24+/m0/s1. The predicted octanol–water partition coefficient (Wildman–Crippen LogP) is 3.52. The van der Waals surface area contributed by atoms with E-state index in [1.165, 1.54) is 24.3 Å². The Labute approximate surface area is 205 Å². The van der Waals surface area contributed by atoms with Crippen molar-refractivity contribution in [2.45, 2.75) is 18.2 Å². The third-order valence-electron chi connectivity index (χ3n) is 5.93. The molecular formula is C24H26F3N3O4S. The Bertz CT molecular complexity index is 1150. The Morgan fingerprint density at radius 3 is 2.80 bits per heavy atom. The van der Waals surface area contributed by atoms with E-state index in [-0.39, 0.29) is 43.6 Å². The fourth-order valence-corrected chi connectivity index (χ4v) is 5.89. The highest BCUT2D eigenvalue weighted by Crippen LogP contribution is 2.58. The molecule has 4 rings (SSSR count). The van der Waals surface area contributed by atoms with Crippen LogP contribution in [0.3, 0.4) is 0 Å². The number of rotatable bonds is 8. The molecule has 0 saturated heterocycles. The number of halogens is 3. The lowest BCUT2D eigenvalue weighted by Gasteiger charge is -2.45. The second kappa shape index (κ2) is 10.6. The highest BCUT2D eigenvalue weighted by Gasteiger charge is 2.57. The first-order valence-electron chi connectivity index (χ1n) is 11.1. The molecule has 0 radical (unpaired) electrons. The van der Waals surface area contributed by atoms with E-state index >= 15 is 0 Å². The van der Waals surface area contributed by atoms with Gasteiger partial charge in [0, 0.05) is 24.2 Å². The molecule has 0 saturated carbocycles. The number of aryl methyl sites for hydroxylation is 1. The van der Waals surface area contributed by atoms with E-state index in [0.29, 0.717) is 23.3 Å². The van der Waals surface area contributed by atoms with Crippen LogP contribution >= 0.6 is 11.8 Å². The normalized spacial score (nSPS) is 21.1. The number of hydrogen-bond donors (Lipinski definition) is 1. The van der Waals surface area contributed by atoms with Gasteiger partial charge < -0.3 is 19.9 Å². The fourth-order valence-electron chi connectivity index (χ4n) is 4.36. The highest BCUT2D eigenvalue weighted by molar-refractivity contribution is 8.15. The number of thioether (sulfide) groups is 1. The van der Waals surface area contributed by atoms with E-state index in [2.05, 4.69) is 5.10 Å². The first-order chi connectivity index (χ1) is 16.8. The Hall–Kier alpha value is -2.60. The minimum atomic E-state index is -1.30. The van der Waals surface area contributed by atoms with Crippen molar-refractivity contribution in [1.29, 1.82) is 0 Å². The number of hydrazone groups is 1. The van der Waals surface area contributed by atoms with Crippen LogP contribution in [-0.4, -0.2) is 56.0 Å². The summed E-state index contributed by atoms with van der Waals surface area (Å²) in [6.07, 6.45) is 0.407. The van der Waals surface area contributed by atoms with E-state index in [1.54, 1.807) is 6.92 Å². The Balaban J connectivity index is 1.86. The third kappa shape index (κ3) is 4.77. The third-order valence-corrected chi connectivity index (χ3v) is 7.47. The molecule has 2 N–H and O–H groups in total. The van der Waals surface area contributed by atoms with Crippen LogP contribution in [0.1, 0.15) is 23.1 Å². The van der Waals surface area contributed by atoms with Gasteiger partial charge in [0.15, 0.2) is 4.87 Å². The molecule has 7 nitrogen and oxygen atoms in total. The van der Waals surface area contributed by atoms with Gasteiger partial charge in [-0.15, -0.1) is 0 Å². The van der Waals surface area contributed by atoms with Crippen LogP contribution in [0, 0.1) is 30.3 Å². The molecule has 2 aromatic rings. The van der Waals surface area contributed by atoms with Crippen molar-refractivity contribution in [1.82, 2.24) is 5.01 Å². The van der Waals surface area contributed by atoms with Crippen molar-refractivity contribution in [3.8, 4) is 5.75 Å². The average molecular weight is 510 g/mol. The minimum Gasteiger partial charge on any atom is -0.492 e. The van der Waals surface area contributed by atoms with Crippen LogP contribution in [-0.2, 0) is 19.1 Å². The smallest absolute Gasteiger partial charge is 0.270 e. The van der Waals surface area contributed by atoms with E-state index in [9.17, 15) is 18.0 Å². The summed E-state index contributed by atoms with van der Waals surface area (Å²) in [6.45, 7) is 2.25. The molecule has 0 aromatic heterocycles. The molecule has 2 aliphatic rings. The van der Waals surface area contributed by atoms with Gasteiger partial charge in [0.1, 0.15) is 34.9 Å². The first-order valence-corrected chi connectivity index (χ1v) is 11.9. The highest BCUT2D eigenvalue weighted by atomic mass is 32.2. The number of carbonyl (C=O) groups excluding carboxylic acids is 1. The average Bonchev–Trinajstić information content (AvgIpc) is 3.21. The largest absolute Gasteiger partial charge is 0.492 e. The van der Waals surface area contributed by atoms with Crippen LogP contribution in [0.15, 0.2) is 35.4 Å². The van der Waals surface area contributed by atoms with Gasteiger partial charge in [-0.2, -0.15) is 5.10 Å². The zero-order valence-corrected chi connectivity index (χ0v) is 20.2. The molecule has 1 spiro atoms. The van der Waals surface area contributed by atoms with Gasteiger partial charge in [-0.05, 0) is 55.8 Å². The number of amides is 1. The number of methoxy groups -OCH3 is 1. The van der Waals surface area contributed by atoms with Crippen molar-refractivity contribution in [2.75, 3.05) is 40.1 Å². The topological polar surface area (TPSA) is 86.4 Å². The van der Waals surface area contributed by atoms with E-state index in [4.69, 9.17) is 19.9 Å². The quantitative estimate of drug-likeness (QED) is 0.548. The number of nitrogens with two attached hydrogens (primary N) is 1. The first kappa shape index (κ1) is 25.5. The number of hydrogen-bond acceptors (Lipinski definition) is 7. The summed E-state index contributed by atoms with van der Waals surface area (Å²) >= 11 is 1.06. The van der Waals surface area contributed by atoms with Crippen LogP contribution in [0.5, 0.6) is 5.75 Å². The van der Waals surface area contributed by atoms with Crippen molar-refractivity contribution < 1.29 is 32.2 Å². The second-order valence-electron chi connectivity index (χ2n) is 8.26. The lowest BCUT2D eigenvalue weighted by atomic mass is 9.85. The Morgan fingerprint density at radius 1 is 1.26 bits per heavy atom. The summed E-state index contributed by atoms with van der Waals surface area (Å²) in [5.74, 6) is -2.41. The summed E-state index contributed by atoms with van der Waals surface area (Å²) in [5.41, 5.74) is 6.71. The predicted molar refractivity (Wildman–Crippen MR) is 125 cm³/mol. The summed E-state index contributed by atoms with van der Waals surface area (Å²) in [6, 6.07) is 5.65. The Morgan fingerprint density at radius 2 is 2.06 bits per heavy atom. The van der Waals surface area contributed by atoms with Crippen LogP contribution in [0.4, 0.5) is 13.2 Å². The summed E-state index contributed by atoms with van der Waals surface area (Å²) in [7, 11) is 1.51. The second-order valence-corrected chi connectivity index (χ2v) is 9.48. The van der Waals surface area contributed by atoms with Gasteiger partial charge in [-0.3, -0.25) is 4.79 Å². The van der Waals surface area contributed by atoms with Crippen molar-refractivity contribution in [3.63, 3.8) is 0 Å². The summed E-state index contributed by atoms with van der Waals surface area (Å²) in [4.78, 5) is 12.2. The molecular weight excluding hydrogens is 483 g/mol.